The third-order valence-corrected chi connectivity index (χ3v) is 4.11. The largest absolute Gasteiger partial charge is 0.447 e. The van der Waals surface area contributed by atoms with Crippen molar-refractivity contribution in [3.8, 4) is 0 Å². The van der Waals surface area contributed by atoms with Gasteiger partial charge in [0.15, 0.2) is 0 Å². The van der Waals surface area contributed by atoms with Crippen LogP contribution in [0.25, 0.3) is 17.2 Å². The van der Waals surface area contributed by atoms with E-state index in [1.165, 1.54) is 0 Å². The van der Waals surface area contributed by atoms with Crippen LogP contribution in [-0.2, 0) is 7.05 Å². The minimum Gasteiger partial charge on any atom is -0.447 e. The van der Waals surface area contributed by atoms with Gasteiger partial charge >= 0.3 is 6.85 Å². The van der Waals surface area contributed by atoms with Crippen molar-refractivity contribution in [3.05, 3.63) is 54.0 Å². The van der Waals surface area contributed by atoms with Gasteiger partial charge in [0.1, 0.15) is 5.66 Å². The zero-order valence-electron chi connectivity index (χ0n) is 15.4. The minimum absolute atomic E-state index is 0.0287. The van der Waals surface area contributed by atoms with Crippen LogP contribution in [0.2, 0.25) is 6.82 Å². The first kappa shape index (κ1) is 10.2. The summed E-state index contributed by atoms with van der Waals surface area (Å²) in [6, 6.07) is 9.34. The first-order valence-electron chi connectivity index (χ1n) is 8.71. The standard InChI is InChI=1S/C17H17BN3O/c1-12-7-8-14-13-9-11-21(15-6-4-5-10-20(15)3)18(2)16(13)22-17(14)19-12/h4-11H,1-3H3/q+1/i1D3. The van der Waals surface area contributed by atoms with E-state index < -0.39 is 6.85 Å². The van der Waals surface area contributed by atoms with E-state index in [4.69, 9.17) is 8.53 Å². The lowest BCUT2D eigenvalue weighted by Crippen LogP contribution is -2.50. The quantitative estimate of drug-likeness (QED) is 0.510. The Morgan fingerprint density at radius 3 is 3.05 bits per heavy atom. The molecule has 0 aliphatic carbocycles. The zero-order valence-corrected chi connectivity index (χ0v) is 12.4. The average Bonchev–Trinajstić information content (AvgIpc) is 2.94. The maximum absolute atomic E-state index is 7.52. The van der Waals surface area contributed by atoms with Crippen molar-refractivity contribution < 1.29 is 13.1 Å². The van der Waals surface area contributed by atoms with E-state index in [0.29, 0.717) is 5.71 Å². The molecule has 4 rings (SSSR count). The van der Waals surface area contributed by atoms with Gasteiger partial charge in [-0.1, -0.05) is 6.07 Å². The molecule has 5 heteroatoms. The number of rotatable bonds is 1. The number of fused-ring (bicyclic) bond motifs is 3. The van der Waals surface area contributed by atoms with Crippen molar-refractivity contribution in [1.29, 1.82) is 0 Å². The Morgan fingerprint density at radius 2 is 2.23 bits per heavy atom. The van der Waals surface area contributed by atoms with E-state index >= 15 is 0 Å². The van der Waals surface area contributed by atoms with Gasteiger partial charge in [-0.15, -0.1) is 0 Å². The topological polar surface area (TPSA) is 33.2 Å². The number of aryl methyl sites for hydroxylation is 2. The van der Waals surface area contributed by atoms with Crippen LogP contribution < -0.4 is 15.0 Å². The van der Waals surface area contributed by atoms with Crippen molar-refractivity contribution in [2.24, 2.45) is 7.05 Å². The van der Waals surface area contributed by atoms with Gasteiger partial charge < -0.3 is 4.42 Å². The van der Waals surface area contributed by atoms with E-state index in [1.54, 1.807) is 12.1 Å². The number of aromatic nitrogens is 2. The molecule has 0 saturated heterocycles. The number of hydrogen-bond acceptors (Lipinski definition) is 3. The van der Waals surface area contributed by atoms with Crippen LogP contribution >= 0.6 is 0 Å². The molecule has 0 radical (unpaired) electrons. The molecular formula is C17H17BN3O+. The van der Waals surface area contributed by atoms with Crippen molar-refractivity contribution in [2.45, 2.75) is 13.7 Å². The van der Waals surface area contributed by atoms with Gasteiger partial charge in [0.05, 0.1) is 19.4 Å². The van der Waals surface area contributed by atoms with E-state index in [1.807, 2.05) is 48.3 Å². The van der Waals surface area contributed by atoms with Crippen molar-refractivity contribution in [2.75, 3.05) is 4.81 Å². The summed E-state index contributed by atoms with van der Waals surface area (Å²) < 4.78 is 30.6. The fourth-order valence-corrected chi connectivity index (χ4v) is 2.96. The molecule has 0 fully saturated rings. The Bertz CT molecular complexity index is 996. The molecule has 108 valence electrons. The fraction of sp³-hybridized carbons (Fsp3) is 0.176. The second kappa shape index (κ2) is 4.73. The van der Waals surface area contributed by atoms with Gasteiger partial charge in [-0.05, 0) is 38.0 Å². The summed E-state index contributed by atoms with van der Waals surface area (Å²) in [5.41, 5.74) is 2.17. The molecule has 0 unspecified atom stereocenters. The monoisotopic (exact) mass is 293 g/mol. The Kier molecular flexibility index (Phi) is 2.20. The van der Waals surface area contributed by atoms with Crippen LogP contribution in [-0.4, -0.2) is 11.8 Å². The van der Waals surface area contributed by atoms with Gasteiger partial charge in [0.2, 0.25) is 5.71 Å². The highest BCUT2D eigenvalue weighted by atomic mass is 16.3. The van der Waals surface area contributed by atoms with E-state index in [2.05, 4.69) is 16.6 Å². The van der Waals surface area contributed by atoms with Crippen LogP contribution in [0.3, 0.4) is 0 Å². The predicted octanol–water partition coefficient (Wildman–Crippen LogP) is 2.28. The smallest absolute Gasteiger partial charge is 0.447 e. The summed E-state index contributed by atoms with van der Waals surface area (Å²) >= 11 is 0. The SMILES string of the molecule is [2H]C([2H])([2H])c1ccc2c3c(oc2n1)B(C)N(c1cccc[n+]1C)C=C3. The Hall–Kier alpha value is -2.56. The predicted molar refractivity (Wildman–Crippen MR) is 89.1 cm³/mol. The van der Waals surface area contributed by atoms with Gasteiger partial charge in [-0.25, -0.2) is 9.55 Å². The highest BCUT2D eigenvalue weighted by Crippen LogP contribution is 2.25. The molecule has 0 spiro atoms. The van der Waals surface area contributed by atoms with E-state index in [9.17, 15) is 0 Å². The summed E-state index contributed by atoms with van der Waals surface area (Å²) in [6.45, 7) is -0.214. The second-order valence-electron chi connectivity index (χ2n) is 5.50. The number of nitrogens with zero attached hydrogens (tertiary/aromatic N) is 3. The lowest BCUT2D eigenvalue weighted by atomic mass is 9.58. The maximum atomic E-state index is 7.52. The molecule has 0 amide bonds. The summed E-state index contributed by atoms with van der Waals surface area (Å²) in [5, 5.41) is 0.836. The average molecular weight is 293 g/mol. The molecule has 0 atom stereocenters. The molecule has 0 bridgehead atoms. The van der Waals surface area contributed by atoms with Gasteiger partial charge in [-0.3, -0.25) is 4.81 Å². The fourth-order valence-electron chi connectivity index (χ4n) is 2.96. The van der Waals surface area contributed by atoms with Gasteiger partial charge in [0.25, 0.3) is 5.82 Å². The number of pyridine rings is 2. The lowest BCUT2D eigenvalue weighted by molar-refractivity contribution is -0.658. The Labute approximate surface area is 134 Å². The Balaban J connectivity index is 1.82. The van der Waals surface area contributed by atoms with Gasteiger partial charge in [-0.2, -0.15) is 0 Å². The van der Waals surface area contributed by atoms with E-state index in [-0.39, 0.29) is 12.5 Å². The molecule has 0 saturated carbocycles. The molecule has 0 N–H and O–H groups in total. The third-order valence-electron chi connectivity index (χ3n) is 4.11. The van der Waals surface area contributed by atoms with Crippen molar-refractivity contribution in [1.82, 2.24) is 4.98 Å². The lowest BCUT2D eigenvalue weighted by Gasteiger charge is -2.21. The molecule has 1 aliphatic rings. The normalized spacial score (nSPS) is 16.4. The summed E-state index contributed by atoms with van der Waals surface area (Å²) in [4.78, 5) is 6.33. The number of hydrogen-bond donors (Lipinski definition) is 0. The van der Waals surface area contributed by atoms with Crippen LogP contribution in [0.15, 0.2) is 47.1 Å². The summed E-state index contributed by atoms with van der Waals surface area (Å²) in [7, 11) is 1.99. The molecule has 3 aromatic heterocycles. The van der Waals surface area contributed by atoms with E-state index in [0.717, 1.165) is 22.4 Å². The highest BCUT2D eigenvalue weighted by molar-refractivity contribution is 6.76. The molecule has 22 heavy (non-hydrogen) atoms. The molecule has 0 aromatic carbocycles. The van der Waals surface area contributed by atoms with Gasteiger partial charge in [0, 0.05) is 26.8 Å². The minimum atomic E-state index is -2.24. The molecule has 3 aromatic rings. The number of anilines is 1. The first-order valence-corrected chi connectivity index (χ1v) is 7.21. The van der Waals surface area contributed by atoms with Crippen LogP contribution in [0.1, 0.15) is 15.4 Å². The van der Waals surface area contributed by atoms with Crippen LogP contribution in [0, 0.1) is 6.85 Å². The highest BCUT2D eigenvalue weighted by Gasteiger charge is 2.37. The molecule has 1 aliphatic heterocycles. The molecule has 4 nitrogen and oxygen atoms in total. The second-order valence-corrected chi connectivity index (χ2v) is 5.50. The molecular weight excluding hydrogens is 273 g/mol. The van der Waals surface area contributed by atoms with Crippen LogP contribution in [0.5, 0.6) is 0 Å². The van der Waals surface area contributed by atoms with Crippen molar-refractivity contribution >= 4 is 35.5 Å². The summed E-state index contributed by atoms with van der Waals surface area (Å²) in [6.07, 6.45) is 6.01. The summed E-state index contributed by atoms with van der Waals surface area (Å²) in [5.74, 6) is 1.04. The first-order chi connectivity index (χ1) is 11.9. The zero-order chi connectivity index (χ0) is 17.8. The number of furan rings is 1. The maximum Gasteiger partial charge on any atom is 0.447 e. The molecule has 4 heterocycles. The van der Waals surface area contributed by atoms with Crippen LogP contribution in [0.4, 0.5) is 5.82 Å². The third kappa shape index (κ3) is 1.85. The van der Waals surface area contributed by atoms with Crippen molar-refractivity contribution in [3.63, 3.8) is 0 Å². The Morgan fingerprint density at radius 1 is 1.32 bits per heavy atom.